The van der Waals surface area contributed by atoms with E-state index in [4.69, 9.17) is 17.3 Å². The molecule has 2 N–H and O–H groups in total. The molecule has 0 fully saturated rings. The fraction of sp³-hybridized carbons (Fsp3) is 0.600. The van der Waals surface area contributed by atoms with Crippen molar-refractivity contribution in [2.45, 2.75) is 33.7 Å². The van der Waals surface area contributed by atoms with E-state index in [-0.39, 0.29) is 11.2 Å². The topological polar surface area (TPSA) is 29.3 Å². The van der Waals surface area contributed by atoms with Gasteiger partial charge in [0.1, 0.15) is 5.82 Å². The molecule has 0 aliphatic heterocycles. The molecule has 19 heavy (non-hydrogen) atoms. The maximum absolute atomic E-state index is 13.8. The fourth-order valence-corrected chi connectivity index (χ4v) is 2.33. The van der Waals surface area contributed by atoms with E-state index in [1.807, 2.05) is 0 Å². The Morgan fingerprint density at radius 1 is 1.37 bits per heavy atom. The molecule has 0 saturated carbocycles. The zero-order chi connectivity index (χ0) is 14.5. The first-order valence-electron chi connectivity index (χ1n) is 6.75. The van der Waals surface area contributed by atoms with E-state index < -0.39 is 0 Å². The normalized spacial score (nSPS) is 12.2. The van der Waals surface area contributed by atoms with E-state index in [2.05, 4.69) is 25.7 Å². The SMILES string of the molecule is CCCN(Cc1c(F)cccc1Cl)CC(C)(C)CN. The molecular formula is C15H24ClFN2. The lowest BCUT2D eigenvalue weighted by Gasteiger charge is -2.32. The van der Waals surface area contributed by atoms with Crippen LogP contribution in [0, 0.1) is 11.2 Å². The van der Waals surface area contributed by atoms with Gasteiger partial charge in [-0.2, -0.15) is 0 Å². The Hall–Kier alpha value is -0.640. The van der Waals surface area contributed by atoms with Gasteiger partial charge in [0.2, 0.25) is 0 Å². The Kier molecular flexibility index (Phi) is 6.24. The molecule has 0 atom stereocenters. The lowest BCUT2D eigenvalue weighted by atomic mass is 9.93. The highest BCUT2D eigenvalue weighted by atomic mass is 35.5. The molecule has 0 saturated heterocycles. The van der Waals surface area contributed by atoms with Gasteiger partial charge >= 0.3 is 0 Å². The van der Waals surface area contributed by atoms with Crippen LogP contribution >= 0.6 is 11.6 Å². The third-order valence-electron chi connectivity index (χ3n) is 3.19. The summed E-state index contributed by atoms with van der Waals surface area (Å²) in [5.74, 6) is -0.237. The monoisotopic (exact) mass is 286 g/mol. The zero-order valence-corrected chi connectivity index (χ0v) is 12.8. The molecule has 2 nitrogen and oxygen atoms in total. The number of rotatable bonds is 7. The number of nitrogens with two attached hydrogens (primary N) is 1. The molecule has 0 amide bonds. The number of benzene rings is 1. The van der Waals surface area contributed by atoms with Crippen molar-refractivity contribution in [2.24, 2.45) is 11.1 Å². The van der Waals surface area contributed by atoms with Crippen molar-refractivity contribution in [3.8, 4) is 0 Å². The Labute approximate surface area is 120 Å². The van der Waals surface area contributed by atoms with Crippen molar-refractivity contribution in [2.75, 3.05) is 19.6 Å². The predicted molar refractivity (Wildman–Crippen MR) is 79.8 cm³/mol. The van der Waals surface area contributed by atoms with Gasteiger partial charge in [-0.3, -0.25) is 4.90 Å². The highest BCUT2D eigenvalue weighted by molar-refractivity contribution is 6.31. The van der Waals surface area contributed by atoms with Crippen LogP contribution in [0.15, 0.2) is 18.2 Å². The molecule has 0 aliphatic rings. The van der Waals surface area contributed by atoms with Gasteiger partial charge in [-0.05, 0) is 37.1 Å². The van der Waals surface area contributed by atoms with Gasteiger partial charge in [0.15, 0.2) is 0 Å². The van der Waals surface area contributed by atoms with Crippen molar-refractivity contribution >= 4 is 11.6 Å². The number of halogens is 2. The van der Waals surface area contributed by atoms with Gasteiger partial charge in [0, 0.05) is 23.7 Å². The number of nitrogens with zero attached hydrogens (tertiary/aromatic N) is 1. The maximum atomic E-state index is 13.8. The Balaban J connectivity index is 2.84. The second-order valence-corrected chi connectivity index (χ2v) is 6.19. The van der Waals surface area contributed by atoms with E-state index in [9.17, 15) is 4.39 Å². The van der Waals surface area contributed by atoms with Crippen LogP contribution in [0.4, 0.5) is 4.39 Å². The highest BCUT2D eigenvalue weighted by Crippen LogP contribution is 2.23. The van der Waals surface area contributed by atoms with Gasteiger partial charge in [0.25, 0.3) is 0 Å². The molecule has 4 heteroatoms. The molecule has 0 radical (unpaired) electrons. The third-order valence-corrected chi connectivity index (χ3v) is 3.54. The van der Waals surface area contributed by atoms with Crippen molar-refractivity contribution in [3.63, 3.8) is 0 Å². The zero-order valence-electron chi connectivity index (χ0n) is 12.0. The molecular weight excluding hydrogens is 263 g/mol. The summed E-state index contributed by atoms with van der Waals surface area (Å²) in [6, 6.07) is 4.83. The molecule has 108 valence electrons. The lowest BCUT2D eigenvalue weighted by molar-refractivity contribution is 0.174. The van der Waals surface area contributed by atoms with E-state index in [1.54, 1.807) is 12.1 Å². The summed E-state index contributed by atoms with van der Waals surface area (Å²) < 4.78 is 13.8. The second-order valence-electron chi connectivity index (χ2n) is 5.78. The summed E-state index contributed by atoms with van der Waals surface area (Å²) >= 11 is 6.09. The minimum absolute atomic E-state index is 0.0207. The summed E-state index contributed by atoms with van der Waals surface area (Å²) in [5, 5.41) is 0.492. The Morgan fingerprint density at radius 3 is 2.58 bits per heavy atom. The summed E-state index contributed by atoms with van der Waals surface area (Å²) in [6.45, 7) is 9.25. The quantitative estimate of drug-likeness (QED) is 0.828. The molecule has 1 rings (SSSR count). The van der Waals surface area contributed by atoms with E-state index >= 15 is 0 Å². The maximum Gasteiger partial charge on any atom is 0.129 e. The average Bonchev–Trinajstić information content (AvgIpc) is 2.34. The van der Waals surface area contributed by atoms with Gasteiger partial charge in [-0.15, -0.1) is 0 Å². The molecule has 0 aliphatic carbocycles. The third kappa shape index (κ3) is 5.09. The molecule has 0 bridgehead atoms. The van der Waals surface area contributed by atoms with E-state index in [0.717, 1.165) is 19.5 Å². The number of hydrogen-bond donors (Lipinski definition) is 1. The Bertz CT molecular complexity index is 387. The predicted octanol–water partition coefficient (Wildman–Crippen LogP) is 3.68. The first kappa shape index (κ1) is 16.4. The van der Waals surface area contributed by atoms with Crippen molar-refractivity contribution in [1.82, 2.24) is 4.90 Å². The smallest absolute Gasteiger partial charge is 0.129 e. The molecule has 1 aromatic carbocycles. The van der Waals surface area contributed by atoms with E-state index in [0.29, 0.717) is 23.7 Å². The van der Waals surface area contributed by atoms with Gasteiger partial charge in [-0.25, -0.2) is 4.39 Å². The van der Waals surface area contributed by atoms with Crippen LogP contribution in [0.3, 0.4) is 0 Å². The number of hydrogen-bond acceptors (Lipinski definition) is 2. The van der Waals surface area contributed by atoms with Crippen LogP contribution in [0.5, 0.6) is 0 Å². The molecule has 1 aromatic rings. The standard InChI is InChI=1S/C15H24ClFN2/c1-4-8-19(11-15(2,3)10-18)9-12-13(16)6-5-7-14(12)17/h5-7H,4,8-11,18H2,1-3H3. The largest absolute Gasteiger partial charge is 0.330 e. The lowest BCUT2D eigenvalue weighted by Crippen LogP contribution is -2.39. The van der Waals surface area contributed by atoms with Crippen LogP contribution in [-0.4, -0.2) is 24.5 Å². The average molecular weight is 287 g/mol. The highest BCUT2D eigenvalue weighted by Gasteiger charge is 2.21. The van der Waals surface area contributed by atoms with Crippen LogP contribution in [0.1, 0.15) is 32.8 Å². The van der Waals surface area contributed by atoms with Crippen LogP contribution < -0.4 is 5.73 Å². The van der Waals surface area contributed by atoms with Crippen molar-refractivity contribution in [3.05, 3.63) is 34.6 Å². The second kappa shape index (κ2) is 7.22. The first-order chi connectivity index (χ1) is 8.89. The van der Waals surface area contributed by atoms with Gasteiger partial charge in [0.05, 0.1) is 0 Å². The molecule has 0 spiro atoms. The molecule has 0 aromatic heterocycles. The fourth-order valence-electron chi connectivity index (χ4n) is 2.11. The van der Waals surface area contributed by atoms with Crippen LogP contribution in [0.25, 0.3) is 0 Å². The summed E-state index contributed by atoms with van der Waals surface area (Å²) in [6.07, 6.45) is 1.02. The molecule has 0 unspecified atom stereocenters. The first-order valence-corrected chi connectivity index (χ1v) is 7.12. The summed E-state index contributed by atoms with van der Waals surface area (Å²) in [4.78, 5) is 2.22. The van der Waals surface area contributed by atoms with Crippen LogP contribution in [-0.2, 0) is 6.54 Å². The minimum Gasteiger partial charge on any atom is -0.330 e. The minimum atomic E-state index is -0.237. The molecule has 0 heterocycles. The van der Waals surface area contributed by atoms with E-state index in [1.165, 1.54) is 6.07 Å². The van der Waals surface area contributed by atoms with Gasteiger partial charge in [-0.1, -0.05) is 38.4 Å². The van der Waals surface area contributed by atoms with Crippen molar-refractivity contribution < 1.29 is 4.39 Å². The van der Waals surface area contributed by atoms with Crippen LogP contribution in [0.2, 0.25) is 5.02 Å². The van der Waals surface area contributed by atoms with Gasteiger partial charge < -0.3 is 5.73 Å². The Morgan fingerprint density at radius 2 is 2.05 bits per heavy atom. The summed E-state index contributed by atoms with van der Waals surface area (Å²) in [7, 11) is 0. The summed E-state index contributed by atoms with van der Waals surface area (Å²) in [5.41, 5.74) is 6.37. The van der Waals surface area contributed by atoms with Crippen molar-refractivity contribution in [1.29, 1.82) is 0 Å².